The lowest BCUT2D eigenvalue weighted by atomic mass is 10.2. The number of unbranched alkanes of at least 4 members (excludes halogenated alkanes) is 3. The molecule has 0 aliphatic heterocycles. The van der Waals surface area contributed by atoms with Gasteiger partial charge in [0.1, 0.15) is 0 Å². The second-order valence-corrected chi connectivity index (χ2v) is 2.29. The summed E-state index contributed by atoms with van der Waals surface area (Å²) < 4.78 is 0. The quantitative estimate of drug-likeness (QED) is 0.436. The predicted molar refractivity (Wildman–Crippen MR) is 37.9 cm³/mol. The molecule has 0 spiro atoms. The third-order valence-corrected chi connectivity index (χ3v) is 1.37. The van der Waals surface area contributed by atoms with E-state index in [1.807, 2.05) is 0 Å². The summed E-state index contributed by atoms with van der Waals surface area (Å²) in [4.78, 5) is 0. The van der Waals surface area contributed by atoms with Gasteiger partial charge in [-0.25, -0.2) is 5.11 Å². The van der Waals surface area contributed by atoms with Crippen molar-refractivity contribution in [3.8, 4) is 0 Å². The Morgan fingerprint density at radius 2 is 1.62 bits per heavy atom. The third-order valence-electron chi connectivity index (χ3n) is 1.05. The van der Waals surface area contributed by atoms with Gasteiger partial charge < -0.3 is 0 Å². The molecule has 0 heterocycles. The molecule has 2 heteroatoms. The van der Waals surface area contributed by atoms with Crippen LogP contribution in [0.15, 0.2) is 0 Å². The summed E-state index contributed by atoms with van der Waals surface area (Å²) in [7, 11) is 0. The van der Waals surface area contributed by atoms with Gasteiger partial charge in [0.2, 0.25) is 0 Å². The van der Waals surface area contributed by atoms with Crippen molar-refractivity contribution in [2.45, 2.75) is 25.7 Å². The van der Waals surface area contributed by atoms with E-state index in [2.05, 4.69) is 12.6 Å². The fourth-order valence-electron chi connectivity index (χ4n) is 0.567. The van der Waals surface area contributed by atoms with Crippen molar-refractivity contribution in [2.75, 3.05) is 12.4 Å². The molecule has 0 rings (SSSR count). The maximum atomic E-state index is 9.87. The molecule has 0 N–H and O–H groups in total. The number of hydrogen-bond acceptors (Lipinski definition) is 1. The average molecular weight is 133 g/mol. The van der Waals surface area contributed by atoms with Gasteiger partial charge in [0, 0.05) is 0 Å². The molecule has 0 aromatic heterocycles. The van der Waals surface area contributed by atoms with Crippen LogP contribution in [0.4, 0.5) is 0 Å². The van der Waals surface area contributed by atoms with Crippen LogP contribution in [0.3, 0.4) is 0 Å². The van der Waals surface area contributed by atoms with Crippen molar-refractivity contribution in [1.82, 2.24) is 0 Å². The minimum Gasteiger partial charge on any atom is -0.237 e. The van der Waals surface area contributed by atoms with Gasteiger partial charge in [-0.15, -0.1) is 0 Å². The van der Waals surface area contributed by atoms with Crippen molar-refractivity contribution in [1.29, 1.82) is 0 Å². The van der Waals surface area contributed by atoms with Gasteiger partial charge in [-0.05, 0) is 18.6 Å². The first-order valence-corrected chi connectivity index (χ1v) is 3.74. The summed E-state index contributed by atoms with van der Waals surface area (Å²) in [5, 5.41) is 9.87. The maximum absolute atomic E-state index is 9.87. The second kappa shape index (κ2) is 7.31. The van der Waals surface area contributed by atoms with Crippen LogP contribution in [0.25, 0.3) is 0 Å². The van der Waals surface area contributed by atoms with E-state index in [0.717, 1.165) is 25.0 Å². The molecule has 0 aliphatic carbocycles. The van der Waals surface area contributed by atoms with Gasteiger partial charge in [-0.3, -0.25) is 0 Å². The summed E-state index contributed by atoms with van der Waals surface area (Å²) in [6.07, 6.45) is 4.26. The highest BCUT2D eigenvalue weighted by molar-refractivity contribution is 7.80. The molecule has 0 aromatic carbocycles. The Kier molecular flexibility index (Phi) is 7.59. The molecule has 49 valence electrons. The standard InChI is InChI=1S/C6H13OS/c7-5-3-1-2-4-6-8/h8H,1-6H2. The van der Waals surface area contributed by atoms with Crippen LogP contribution in [-0.2, 0) is 5.11 Å². The number of thiol groups is 1. The largest absolute Gasteiger partial charge is 0.237 e. The van der Waals surface area contributed by atoms with Crippen LogP contribution in [0.2, 0.25) is 0 Å². The lowest BCUT2D eigenvalue weighted by Crippen LogP contribution is -1.81. The SMILES string of the molecule is [O]CCCCCCS. The van der Waals surface area contributed by atoms with Gasteiger partial charge in [-0.2, -0.15) is 12.6 Å². The molecule has 1 nitrogen and oxygen atoms in total. The van der Waals surface area contributed by atoms with E-state index in [-0.39, 0.29) is 6.61 Å². The molecule has 0 fully saturated rings. The van der Waals surface area contributed by atoms with E-state index in [0.29, 0.717) is 0 Å². The summed E-state index contributed by atoms with van der Waals surface area (Å²) in [6.45, 7) is 0.0899. The van der Waals surface area contributed by atoms with E-state index in [9.17, 15) is 5.11 Å². The van der Waals surface area contributed by atoms with Gasteiger partial charge in [-0.1, -0.05) is 12.8 Å². The summed E-state index contributed by atoms with van der Waals surface area (Å²) >= 11 is 4.04. The van der Waals surface area contributed by atoms with Gasteiger partial charge in [0.25, 0.3) is 0 Å². The molecule has 8 heavy (non-hydrogen) atoms. The Balaban J connectivity index is 2.53. The van der Waals surface area contributed by atoms with E-state index >= 15 is 0 Å². The molecule has 0 bridgehead atoms. The van der Waals surface area contributed by atoms with Crippen LogP contribution in [0.1, 0.15) is 25.7 Å². The molecule has 0 amide bonds. The third kappa shape index (κ3) is 6.31. The Morgan fingerprint density at radius 3 is 2.12 bits per heavy atom. The molecule has 0 saturated carbocycles. The zero-order chi connectivity index (χ0) is 6.24. The highest BCUT2D eigenvalue weighted by Gasteiger charge is 1.85. The van der Waals surface area contributed by atoms with Crippen LogP contribution in [0, 0.1) is 0 Å². The zero-order valence-electron chi connectivity index (χ0n) is 5.10. The molecular weight excluding hydrogens is 120 g/mol. The minimum absolute atomic E-state index is 0.0899. The Labute approximate surface area is 56.5 Å². The predicted octanol–water partition coefficient (Wildman–Crippen LogP) is 1.91. The second-order valence-electron chi connectivity index (χ2n) is 1.84. The first kappa shape index (κ1) is 8.31. The highest BCUT2D eigenvalue weighted by atomic mass is 32.1. The minimum atomic E-state index is 0.0899. The summed E-state index contributed by atoms with van der Waals surface area (Å²) in [5.41, 5.74) is 0. The van der Waals surface area contributed by atoms with Crippen LogP contribution in [-0.4, -0.2) is 12.4 Å². The topological polar surface area (TPSA) is 19.9 Å². The normalized spacial score (nSPS) is 9.75. The first-order chi connectivity index (χ1) is 3.91. The Bertz CT molecular complexity index is 33.5. The van der Waals surface area contributed by atoms with Gasteiger partial charge in [0.05, 0.1) is 6.61 Å². The first-order valence-electron chi connectivity index (χ1n) is 3.10. The van der Waals surface area contributed by atoms with Gasteiger partial charge in [0.15, 0.2) is 0 Å². The van der Waals surface area contributed by atoms with Crippen LogP contribution in [0.5, 0.6) is 0 Å². The lowest BCUT2D eigenvalue weighted by molar-refractivity contribution is 0.186. The molecular formula is C6H13OS. The van der Waals surface area contributed by atoms with Crippen molar-refractivity contribution >= 4 is 12.6 Å². The van der Waals surface area contributed by atoms with Crippen LogP contribution < -0.4 is 0 Å². The number of hydrogen-bond donors (Lipinski definition) is 1. The molecule has 1 radical (unpaired) electrons. The molecule has 0 aliphatic rings. The molecule has 0 atom stereocenters. The smallest absolute Gasteiger partial charge is 0.0822 e. The van der Waals surface area contributed by atoms with E-state index < -0.39 is 0 Å². The van der Waals surface area contributed by atoms with E-state index in [1.54, 1.807) is 0 Å². The van der Waals surface area contributed by atoms with Crippen LogP contribution >= 0.6 is 12.6 Å². The molecule has 0 unspecified atom stereocenters. The highest BCUT2D eigenvalue weighted by Crippen LogP contribution is 1.99. The fraction of sp³-hybridized carbons (Fsp3) is 1.00. The van der Waals surface area contributed by atoms with E-state index in [4.69, 9.17) is 0 Å². The summed E-state index contributed by atoms with van der Waals surface area (Å²) in [5.74, 6) is 0.957. The zero-order valence-corrected chi connectivity index (χ0v) is 5.99. The lowest BCUT2D eigenvalue weighted by Gasteiger charge is -1.92. The van der Waals surface area contributed by atoms with E-state index in [1.165, 1.54) is 6.42 Å². The average Bonchev–Trinajstić information content (AvgIpc) is 1.81. The number of rotatable bonds is 5. The Hall–Kier alpha value is 0.310. The van der Waals surface area contributed by atoms with Crippen molar-refractivity contribution in [3.63, 3.8) is 0 Å². The maximum Gasteiger partial charge on any atom is 0.0822 e. The monoisotopic (exact) mass is 133 g/mol. The summed E-state index contributed by atoms with van der Waals surface area (Å²) in [6, 6.07) is 0. The van der Waals surface area contributed by atoms with Crippen molar-refractivity contribution < 1.29 is 5.11 Å². The van der Waals surface area contributed by atoms with Crippen molar-refractivity contribution in [3.05, 3.63) is 0 Å². The van der Waals surface area contributed by atoms with Gasteiger partial charge >= 0.3 is 0 Å². The molecule has 0 aromatic rings. The fourth-order valence-corrected chi connectivity index (χ4v) is 0.791. The molecule has 0 saturated heterocycles. The Morgan fingerprint density at radius 1 is 1.00 bits per heavy atom. The van der Waals surface area contributed by atoms with Crippen molar-refractivity contribution in [2.24, 2.45) is 0 Å².